The van der Waals surface area contributed by atoms with E-state index in [0.717, 1.165) is 42.8 Å². The largest absolute Gasteiger partial charge is 1.00 e. The third-order valence-corrected chi connectivity index (χ3v) is 5.70. The van der Waals surface area contributed by atoms with Crippen molar-refractivity contribution in [2.75, 3.05) is 24.6 Å². The highest BCUT2D eigenvalue weighted by Gasteiger charge is 2.54. The molecule has 2 aromatic carbocycles. The smallest absolute Gasteiger partial charge is 0.275 e. The van der Waals surface area contributed by atoms with E-state index in [1.54, 1.807) is 0 Å². The maximum Gasteiger partial charge on any atom is 0.275 e. The Bertz CT molecular complexity index is 839. The second-order valence-corrected chi connectivity index (χ2v) is 7.67. The molecule has 0 aromatic heterocycles. The summed E-state index contributed by atoms with van der Waals surface area (Å²) in [5.74, 6) is 2.02. The molecular weight excluding hydrogens is 440 g/mol. The number of benzene rings is 2. The van der Waals surface area contributed by atoms with Gasteiger partial charge in [-0.25, -0.2) is 0 Å². The van der Waals surface area contributed by atoms with Crippen LogP contribution in [0.15, 0.2) is 48.5 Å². The molecule has 0 radical (unpaired) electrons. The monoisotopic (exact) mass is 464 g/mol. The van der Waals surface area contributed by atoms with Gasteiger partial charge in [0.05, 0.1) is 13.2 Å². The van der Waals surface area contributed by atoms with Crippen molar-refractivity contribution >= 4 is 23.1 Å². The quantitative estimate of drug-likeness (QED) is 0.693. The lowest BCUT2D eigenvalue weighted by Gasteiger charge is -2.29. The van der Waals surface area contributed by atoms with Gasteiger partial charge >= 0.3 is 0 Å². The van der Waals surface area contributed by atoms with E-state index in [1.807, 2.05) is 55.5 Å². The number of nitrogens with zero attached hydrogens (tertiary/aromatic N) is 2. The Kier molecular flexibility index (Phi) is 6.69. The summed E-state index contributed by atoms with van der Waals surface area (Å²) in [4.78, 5) is 2.10. The van der Waals surface area contributed by atoms with Gasteiger partial charge in [0.2, 0.25) is 0 Å². The molecule has 2 heterocycles. The first-order chi connectivity index (χ1) is 13.1. The summed E-state index contributed by atoms with van der Waals surface area (Å²) in [6, 6.07) is 15.6. The van der Waals surface area contributed by atoms with Crippen molar-refractivity contribution < 1.29 is 31.4 Å². The molecule has 0 saturated heterocycles. The van der Waals surface area contributed by atoms with Gasteiger partial charge in [0.15, 0.2) is 6.54 Å². The zero-order valence-electron chi connectivity index (χ0n) is 16.1. The number of halogens is 2. The normalized spacial score (nSPS) is 21.8. The number of hydrogen-bond acceptors (Lipinski definition) is 3. The standard InChI is InChI=1S/C22H26ClN2O2.BrH/c1-2-27-20-13-7-17(8-14-20)22(26)16-24-15-5-3-4-6-21(24)25(22)19-11-9-18(23)10-12-19;/h7-14,26H,2-6,15-16H2,1H3;1H/q+1;/p-1. The predicted molar refractivity (Wildman–Crippen MR) is 109 cm³/mol. The van der Waals surface area contributed by atoms with Crippen molar-refractivity contribution in [2.24, 2.45) is 0 Å². The molecule has 150 valence electrons. The first kappa shape index (κ1) is 21.2. The Morgan fingerprint density at radius 1 is 1.07 bits per heavy atom. The van der Waals surface area contributed by atoms with Gasteiger partial charge in [0, 0.05) is 17.0 Å². The van der Waals surface area contributed by atoms with Gasteiger partial charge in [-0.3, -0.25) is 4.58 Å². The van der Waals surface area contributed by atoms with Crippen LogP contribution in [0.25, 0.3) is 0 Å². The molecule has 2 aliphatic rings. The zero-order valence-corrected chi connectivity index (χ0v) is 18.4. The van der Waals surface area contributed by atoms with Gasteiger partial charge < -0.3 is 26.8 Å². The Balaban J connectivity index is 0.00000225. The van der Waals surface area contributed by atoms with E-state index in [2.05, 4.69) is 9.48 Å². The van der Waals surface area contributed by atoms with Gasteiger partial charge in [-0.05, 0) is 74.7 Å². The third kappa shape index (κ3) is 3.93. The average Bonchev–Trinajstić information content (AvgIpc) is 2.80. The lowest BCUT2D eigenvalue weighted by atomic mass is 9.99. The van der Waals surface area contributed by atoms with Gasteiger partial charge in [0.25, 0.3) is 11.6 Å². The molecule has 4 rings (SSSR count). The van der Waals surface area contributed by atoms with Crippen LogP contribution in [0.1, 0.15) is 38.2 Å². The molecule has 1 unspecified atom stereocenters. The summed E-state index contributed by atoms with van der Waals surface area (Å²) < 4.78 is 7.91. The highest BCUT2D eigenvalue weighted by atomic mass is 79.9. The van der Waals surface area contributed by atoms with Crippen molar-refractivity contribution in [3.63, 3.8) is 0 Å². The number of aliphatic hydroxyl groups is 1. The van der Waals surface area contributed by atoms with E-state index in [0.29, 0.717) is 18.2 Å². The van der Waals surface area contributed by atoms with E-state index >= 15 is 0 Å². The van der Waals surface area contributed by atoms with Crippen molar-refractivity contribution in [1.82, 2.24) is 0 Å². The van der Waals surface area contributed by atoms with Crippen molar-refractivity contribution in [3.05, 3.63) is 59.1 Å². The van der Waals surface area contributed by atoms with Crippen LogP contribution < -0.4 is 26.6 Å². The minimum Gasteiger partial charge on any atom is -1.00 e. The second kappa shape index (κ2) is 8.85. The first-order valence-electron chi connectivity index (χ1n) is 9.74. The topological polar surface area (TPSA) is 35.7 Å². The molecule has 4 nitrogen and oxygen atoms in total. The number of hydrogen-bond donors (Lipinski definition) is 1. The molecule has 1 atom stereocenters. The number of amidine groups is 1. The van der Waals surface area contributed by atoms with Crippen LogP contribution in [0.4, 0.5) is 5.69 Å². The van der Waals surface area contributed by atoms with Crippen molar-refractivity contribution in [3.8, 4) is 5.75 Å². The van der Waals surface area contributed by atoms with E-state index in [4.69, 9.17) is 16.3 Å². The van der Waals surface area contributed by atoms with Gasteiger partial charge in [0.1, 0.15) is 11.4 Å². The zero-order chi connectivity index (χ0) is 18.9. The fourth-order valence-corrected chi connectivity index (χ4v) is 4.31. The van der Waals surface area contributed by atoms with Crippen LogP contribution in [0.5, 0.6) is 5.75 Å². The lowest BCUT2D eigenvalue weighted by molar-refractivity contribution is -0.534. The summed E-state index contributed by atoms with van der Waals surface area (Å²) in [5, 5.41) is 12.6. The van der Waals surface area contributed by atoms with Crippen LogP contribution in [-0.4, -0.2) is 35.2 Å². The van der Waals surface area contributed by atoms with Gasteiger partial charge in [-0.2, -0.15) is 4.90 Å². The van der Waals surface area contributed by atoms with E-state index in [-0.39, 0.29) is 17.0 Å². The highest BCUT2D eigenvalue weighted by molar-refractivity contribution is 6.30. The van der Waals surface area contributed by atoms with Crippen LogP contribution >= 0.6 is 11.6 Å². The maximum atomic E-state index is 11.9. The Labute approximate surface area is 182 Å². The van der Waals surface area contributed by atoms with Crippen molar-refractivity contribution in [1.29, 1.82) is 0 Å². The fraction of sp³-hybridized carbons (Fsp3) is 0.409. The Morgan fingerprint density at radius 2 is 1.79 bits per heavy atom. The molecule has 2 aliphatic heterocycles. The van der Waals surface area contributed by atoms with Crippen LogP contribution in [0.3, 0.4) is 0 Å². The lowest BCUT2D eigenvalue weighted by Crippen LogP contribution is -3.00. The molecule has 0 saturated carbocycles. The van der Waals surface area contributed by atoms with Crippen molar-refractivity contribution in [2.45, 2.75) is 38.3 Å². The number of anilines is 1. The molecule has 6 heteroatoms. The molecular formula is C22H26BrClN2O2. The average molecular weight is 466 g/mol. The Morgan fingerprint density at radius 3 is 2.46 bits per heavy atom. The van der Waals surface area contributed by atoms with Gasteiger partial charge in [-0.1, -0.05) is 11.6 Å². The van der Waals surface area contributed by atoms with E-state index in [1.165, 1.54) is 12.3 Å². The molecule has 28 heavy (non-hydrogen) atoms. The summed E-state index contributed by atoms with van der Waals surface area (Å²) in [6.45, 7) is 4.15. The summed E-state index contributed by atoms with van der Waals surface area (Å²) in [5.41, 5.74) is 0.738. The SMILES string of the molecule is CCOc1ccc(C2(O)C[N+]3=C(CCCCC3)N2c2ccc(Cl)cc2)cc1.[Br-]. The minimum atomic E-state index is -1.11. The molecule has 0 fully saturated rings. The highest BCUT2D eigenvalue weighted by Crippen LogP contribution is 2.38. The van der Waals surface area contributed by atoms with Crippen LogP contribution in [0, 0.1) is 0 Å². The molecule has 0 aliphatic carbocycles. The summed E-state index contributed by atoms with van der Waals surface area (Å²) in [6.07, 6.45) is 4.52. The summed E-state index contributed by atoms with van der Waals surface area (Å²) in [7, 11) is 0. The van der Waals surface area contributed by atoms with E-state index < -0.39 is 5.72 Å². The van der Waals surface area contributed by atoms with Crippen LogP contribution in [-0.2, 0) is 5.72 Å². The number of rotatable bonds is 4. The van der Waals surface area contributed by atoms with E-state index in [9.17, 15) is 5.11 Å². The molecule has 0 bridgehead atoms. The first-order valence-corrected chi connectivity index (χ1v) is 10.1. The maximum absolute atomic E-state index is 11.9. The van der Waals surface area contributed by atoms with Crippen LogP contribution in [0.2, 0.25) is 5.02 Å². The molecule has 0 amide bonds. The van der Waals surface area contributed by atoms with Gasteiger partial charge in [-0.15, -0.1) is 0 Å². The minimum absolute atomic E-state index is 0. The third-order valence-electron chi connectivity index (χ3n) is 5.45. The molecule has 1 N–H and O–H groups in total. The fourth-order valence-electron chi connectivity index (χ4n) is 4.18. The molecule has 0 spiro atoms. The predicted octanol–water partition coefficient (Wildman–Crippen LogP) is 1.39. The summed E-state index contributed by atoms with van der Waals surface area (Å²) >= 11 is 6.10. The molecule has 2 aromatic rings. The number of ether oxygens (including phenoxy) is 1. The second-order valence-electron chi connectivity index (χ2n) is 7.23. The Hall–Kier alpha value is -1.56.